The van der Waals surface area contributed by atoms with Crippen LogP contribution < -0.4 is 0 Å². The fourth-order valence-corrected chi connectivity index (χ4v) is 5.64. The van der Waals surface area contributed by atoms with Crippen LogP contribution in [0.5, 0.6) is 0 Å². The van der Waals surface area contributed by atoms with Crippen molar-refractivity contribution in [1.82, 2.24) is 43.8 Å². The highest BCUT2D eigenvalue weighted by molar-refractivity contribution is 7.90. The van der Waals surface area contributed by atoms with Gasteiger partial charge in [-0.05, 0) is 25.1 Å². The highest BCUT2D eigenvalue weighted by Gasteiger charge is 2.24. The smallest absolute Gasteiger partial charge is 0.269 e. The van der Waals surface area contributed by atoms with Crippen LogP contribution in [0.15, 0.2) is 72.8 Å². The predicted molar refractivity (Wildman–Crippen MR) is 174 cm³/mol. The zero-order chi connectivity index (χ0) is 30.0. The first-order valence-electron chi connectivity index (χ1n) is 11.6. The molecular formula is C28H28Cl3F2N9O2S. The van der Waals surface area contributed by atoms with Crippen LogP contribution in [0.3, 0.4) is 0 Å². The van der Waals surface area contributed by atoms with Crippen molar-refractivity contribution in [1.29, 1.82) is 0 Å². The summed E-state index contributed by atoms with van der Waals surface area (Å²) in [4.78, 5) is 28.2. The average Bonchev–Trinajstić information content (AvgIpc) is 3.69. The largest absolute Gasteiger partial charge is 0.346 e. The Morgan fingerprint density at radius 3 is 1.91 bits per heavy atom. The van der Waals surface area contributed by atoms with Gasteiger partial charge in [0.25, 0.3) is 10.0 Å². The number of halogens is 5. The van der Waals surface area contributed by atoms with Gasteiger partial charge in [0.15, 0.2) is 17.3 Å². The molecule has 17 heteroatoms. The fraction of sp³-hybridized carbons (Fsp3) is 0.143. The molecule has 0 aliphatic rings. The number of benzene rings is 1. The number of nitrogens with one attached hydrogen (secondary N) is 2. The first-order chi connectivity index (χ1) is 20.1. The van der Waals surface area contributed by atoms with E-state index in [9.17, 15) is 17.2 Å². The van der Waals surface area contributed by atoms with Gasteiger partial charge in [-0.3, -0.25) is 0 Å². The van der Waals surface area contributed by atoms with Gasteiger partial charge in [-0.15, -0.1) is 0 Å². The number of aryl methyl sites for hydroxylation is 1. The van der Waals surface area contributed by atoms with E-state index >= 15 is 0 Å². The van der Waals surface area contributed by atoms with E-state index in [0.29, 0.717) is 10.8 Å². The lowest BCUT2D eigenvalue weighted by atomic mass is 10.2. The van der Waals surface area contributed by atoms with Gasteiger partial charge in [-0.2, -0.15) is 0 Å². The Bertz CT molecular complexity index is 2150. The SMILES string of the molecule is C.C.C.Cc1ccc(S(=O)(=O)n2cc(F)c3c(Cl)ncnc32)cc1.Clc1ncnc2[nH]ccc12.Fc1c[nH]c2ncnc(Cl)c12. The van der Waals surface area contributed by atoms with Gasteiger partial charge < -0.3 is 9.97 Å². The molecule has 0 fully saturated rings. The minimum Gasteiger partial charge on any atom is -0.346 e. The Morgan fingerprint density at radius 1 is 0.711 bits per heavy atom. The number of aromatic nitrogens is 9. The van der Waals surface area contributed by atoms with E-state index < -0.39 is 21.7 Å². The lowest BCUT2D eigenvalue weighted by Gasteiger charge is -2.06. The summed E-state index contributed by atoms with van der Waals surface area (Å²) in [7, 11) is -3.95. The van der Waals surface area contributed by atoms with E-state index in [-0.39, 0.29) is 53.9 Å². The van der Waals surface area contributed by atoms with Crippen LogP contribution in [0, 0.1) is 18.6 Å². The summed E-state index contributed by atoms with van der Waals surface area (Å²) >= 11 is 17.1. The third-order valence-electron chi connectivity index (χ3n) is 5.72. The number of rotatable bonds is 2. The summed E-state index contributed by atoms with van der Waals surface area (Å²) in [5.41, 5.74) is 2.03. The molecule has 6 heterocycles. The lowest BCUT2D eigenvalue weighted by molar-refractivity contribution is 0.585. The third-order valence-corrected chi connectivity index (χ3v) is 8.26. The molecule has 2 N–H and O–H groups in total. The quantitative estimate of drug-likeness (QED) is 0.172. The highest BCUT2D eigenvalue weighted by Crippen LogP contribution is 2.27. The monoisotopic (exact) mass is 697 g/mol. The van der Waals surface area contributed by atoms with Crippen molar-refractivity contribution >= 4 is 77.9 Å². The van der Waals surface area contributed by atoms with Crippen molar-refractivity contribution in [3.63, 3.8) is 0 Å². The number of hydrogen-bond donors (Lipinski definition) is 2. The first kappa shape index (κ1) is 36.9. The zero-order valence-corrected chi connectivity index (χ0v) is 24.2. The molecule has 0 atom stereocenters. The first-order valence-corrected chi connectivity index (χ1v) is 14.2. The van der Waals surface area contributed by atoms with Crippen molar-refractivity contribution in [2.24, 2.45) is 0 Å². The minimum atomic E-state index is -3.95. The van der Waals surface area contributed by atoms with E-state index in [1.54, 1.807) is 18.3 Å². The van der Waals surface area contributed by atoms with Gasteiger partial charge >= 0.3 is 0 Å². The van der Waals surface area contributed by atoms with Crippen molar-refractivity contribution in [2.75, 3.05) is 0 Å². The van der Waals surface area contributed by atoms with Crippen molar-refractivity contribution in [3.05, 3.63) is 101 Å². The maximum atomic E-state index is 13.9. The molecule has 11 nitrogen and oxygen atoms in total. The second kappa shape index (κ2) is 15.2. The maximum absolute atomic E-state index is 13.9. The fourth-order valence-electron chi connectivity index (χ4n) is 3.69. The van der Waals surface area contributed by atoms with Crippen LogP contribution in [-0.4, -0.2) is 52.3 Å². The van der Waals surface area contributed by atoms with Crippen molar-refractivity contribution < 1.29 is 17.2 Å². The Hall–Kier alpha value is -4.24. The molecule has 0 saturated heterocycles. The van der Waals surface area contributed by atoms with E-state index in [2.05, 4.69) is 39.9 Å². The molecule has 0 aliphatic carbocycles. The second-order valence-corrected chi connectivity index (χ2v) is 11.3. The van der Waals surface area contributed by atoms with Crippen LogP contribution >= 0.6 is 34.8 Å². The normalized spacial score (nSPS) is 10.5. The summed E-state index contributed by atoms with van der Waals surface area (Å²) < 4.78 is 52.7. The summed E-state index contributed by atoms with van der Waals surface area (Å²) in [6.07, 6.45) is 7.63. The standard InChI is InChI=1S/C13H9ClFN3O2S.C6H3ClFN3.C6H4ClN3.3CH4/c1-8-2-4-9(5-3-8)21(19,20)18-6-10(15)11-12(14)16-7-17-13(11)18;7-5-4-3(8)1-9-6(4)11-2-10-5;7-5-4-1-2-8-6(4)10-3-9-5;;;/h2-7H,1H3;1-2H,(H,9,10,11);1-3H,(H,8,9,10);3*1H4. The molecule has 6 aromatic heterocycles. The second-order valence-electron chi connectivity index (χ2n) is 8.38. The van der Waals surface area contributed by atoms with Crippen LogP contribution in [0.1, 0.15) is 27.8 Å². The van der Waals surface area contributed by atoms with Crippen LogP contribution in [0.25, 0.3) is 33.1 Å². The van der Waals surface area contributed by atoms with E-state index in [0.717, 1.165) is 33.1 Å². The number of hydrogen-bond acceptors (Lipinski definition) is 8. The Morgan fingerprint density at radius 2 is 1.29 bits per heavy atom. The van der Waals surface area contributed by atoms with Gasteiger partial charge in [0.2, 0.25) is 0 Å². The molecule has 7 rings (SSSR count). The molecule has 0 spiro atoms. The minimum absolute atomic E-state index is 0. The summed E-state index contributed by atoms with van der Waals surface area (Å²) in [6.45, 7) is 1.84. The molecule has 45 heavy (non-hydrogen) atoms. The topological polar surface area (TPSA) is 148 Å². The van der Waals surface area contributed by atoms with Crippen LogP contribution in [-0.2, 0) is 10.0 Å². The average molecular weight is 699 g/mol. The van der Waals surface area contributed by atoms with Gasteiger partial charge in [0, 0.05) is 12.4 Å². The van der Waals surface area contributed by atoms with Gasteiger partial charge in [-0.25, -0.2) is 51.1 Å². The van der Waals surface area contributed by atoms with Gasteiger partial charge in [0.1, 0.15) is 45.7 Å². The Kier molecular flexibility index (Phi) is 12.5. The molecule has 1 aromatic carbocycles. The summed E-state index contributed by atoms with van der Waals surface area (Å²) in [5.74, 6) is -1.21. The number of fused-ring (bicyclic) bond motifs is 3. The lowest BCUT2D eigenvalue weighted by Crippen LogP contribution is -2.12. The number of H-pyrrole nitrogens is 2. The van der Waals surface area contributed by atoms with Gasteiger partial charge in [-0.1, -0.05) is 74.8 Å². The molecule has 0 aliphatic heterocycles. The van der Waals surface area contributed by atoms with Crippen molar-refractivity contribution in [3.8, 4) is 0 Å². The number of aromatic amines is 2. The zero-order valence-electron chi connectivity index (χ0n) is 21.1. The molecule has 7 aromatic rings. The molecule has 0 unspecified atom stereocenters. The molecule has 238 valence electrons. The Balaban J connectivity index is 0.000000249. The highest BCUT2D eigenvalue weighted by atomic mass is 35.5. The Labute approximate surface area is 272 Å². The molecule has 0 amide bonds. The molecule has 0 radical (unpaired) electrons. The van der Waals surface area contributed by atoms with Crippen LogP contribution in [0.2, 0.25) is 15.5 Å². The molecule has 0 saturated carbocycles. The van der Waals surface area contributed by atoms with E-state index in [4.69, 9.17) is 34.8 Å². The maximum Gasteiger partial charge on any atom is 0.269 e. The summed E-state index contributed by atoms with van der Waals surface area (Å²) in [5, 5.41) is 1.49. The molecule has 0 bridgehead atoms. The third kappa shape index (κ3) is 7.53. The summed E-state index contributed by atoms with van der Waals surface area (Å²) in [6, 6.07) is 8.08. The van der Waals surface area contributed by atoms with Crippen LogP contribution in [0.4, 0.5) is 8.78 Å². The van der Waals surface area contributed by atoms with Gasteiger partial charge in [0.05, 0.1) is 27.3 Å². The van der Waals surface area contributed by atoms with E-state index in [1.165, 1.54) is 31.0 Å². The number of nitrogens with zero attached hydrogens (tertiary/aromatic N) is 7. The predicted octanol–water partition coefficient (Wildman–Crippen LogP) is 8.04. The van der Waals surface area contributed by atoms with Crippen molar-refractivity contribution in [2.45, 2.75) is 34.1 Å². The molecular weight excluding hydrogens is 671 g/mol. The van der Waals surface area contributed by atoms with E-state index in [1.807, 2.05) is 13.0 Å².